The molecule has 0 radical (unpaired) electrons. The lowest BCUT2D eigenvalue weighted by molar-refractivity contribution is -0.119. The van der Waals surface area contributed by atoms with Crippen LogP contribution >= 0.6 is 11.3 Å². The predicted octanol–water partition coefficient (Wildman–Crippen LogP) is 0.680. The highest BCUT2D eigenvalue weighted by Crippen LogP contribution is 2.19. The summed E-state index contributed by atoms with van der Waals surface area (Å²) in [6, 6.07) is 0.281. The summed E-state index contributed by atoms with van der Waals surface area (Å²) in [6.45, 7) is 7.19. The third-order valence-electron chi connectivity index (χ3n) is 2.83. The first-order chi connectivity index (χ1) is 8.67. The summed E-state index contributed by atoms with van der Waals surface area (Å²) in [6.07, 6.45) is 1.01. The van der Waals surface area contributed by atoms with E-state index in [0.29, 0.717) is 0 Å². The van der Waals surface area contributed by atoms with Crippen LogP contribution < -0.4 is 10.6 Å². The number of anilines is 1. The van der Waals surface area contributed by atoms with Crippen LogP contribution in [-0.4, -0.2) is 46.7 Å². The molecule has 1 amide bonds. The van der Waals surface area contributed by atoms with Gasteiger partial charge < -0.3 is 10.6 Å². The molecule has 0 spiro atoms. The van der Waals surface area contributed by atoms with E-state index < -0.39 is 0 Å². The van der Waals surface area contributed by atoms with Gasteiger partial charge in [-0.05, 0) is 13.3 Å². The number of rotatable bonds is 5. The van der Waals surface area contributed by atoms with E-state index in [1.54, 1.807) is 18.3 Å². The molecule has 6 nitrogen and oxygen atoms in total. The quantitative estimate of drug-likeness (QED) is 0.822. The molecule has 18 heavy (non-hydrogen) atoms. The van der Waals surface area contributed by atoms with Crippen molar-refractivity contribution in [3.8, 4) is 0 Å². The molecule has 0 aliphatic carbocycles. The zero-order valence-corrected chi connectivity index (χ0v) is 11.6. The highest BCUT2D eigenvalue weighted by molar-refractivity contribution is 7.15. The summed E-state index contributed by atoms with van der Waals surface area (Å²) in [4.78, 5) is 13.3. The number of hydrogen-bond acceptors (Lipinski definition) is 6. The zero-order valence-electron chi connectivity index (χ0n) is 10.8. The molecule has 1 fully saturated rings. The van der Waals surface area contributed by atoms with Gasteiger partial charge in [0.05, 0.1) is 6.54 Å². The van der Waals surface area contributed by atoms with Crippen LogP contribution in [0.5, 0.6) is 0 Å². The second kappa shape index (κ2) is 6.10. The van der Waals surface area contributed by atoms with E-state index in [1.807, 2.05) is 6.92 Å². The topological polar surface area (TPSA) is 70.2 Å². The number of carbonyl (C=O) groups excluding carboxylic acids is 1. The van der Waals surface area contributed by atoms with Crippen LogP contribution in [0.1, 0.15) is 25.3 Å². The van der Waals surface area contributed by atoms with Crippen molar-refractivity contribution in [1.29, 1.82) is 0 Å². The van der Waals surface area contributed by atoms with Gasteiger partial charge in [0.25, 0.3) is 0 Å². The van der Waals surface area contributed by atoms with Crippen molar-refractivity contribution in [3.63, 3.8) is 0 Å². The molecule has 1 aliphatic rings. The fourth-order valence-corrected chi connectivity index (χ4v) is 2.96. The summed E-state index contributed by atoms with van der Waals surface area (Å²) in [5.41, 5.74) is 0. The van der Waals surface area contributed by atoms with E-state index in [1.165, 1.54) is 0 Å². The predicted molar refractivity (Wildman–Crippen MR) is 71.6 cm³/mol. The minimum atomic E-state index is 0.0483. The average Bonchev–Trinajstić information content (AvgIpc) is 2.89. The SMILES string of the molecule is CCNc1nnc(CN2CCC(NC(C)=O)C2)s1. The maximum atomic E-state index is 11.0. The van der Waals surface area contributed by atoms with Crippen LogP contribution in [0.3, 0.4) is 0 Å². The van der Waals surface area contributed by atoms with E-state index in [9.17, 15) is 4.79 Å². The van der Waals surface area contributed by atoms with Crippen molar-refractivity contribution >= 4 is 22.4 Å². The Balaban J connectivity index is 1.81. The molecular formula is C11H19N5OS. The molecule has 2 N–H and O–H groups in total. The Morgan fingerprint density at radius 1 is 1.56 bits per heavy atom. The third-order valence-corrected chi connectivity index (χ3v) is 3.70. The molecule has 100 valence electrons. The molecule has 1 saturated heterocycles. The normalized spacial score (nSPS) is 20.0. The molecule has 1 aromatic heterocycles. The molecule has 2 rings (SSSR count). The number of likely N-dealkylation sites (tertiary alicyclic amines) is 1. The van der Waals surface area contributed by atoms with Crippen molar-refractivity contribution < 1.29 is 4.79 Å². The molecule has 0 bridgehead atoms. The molecule has 0 aromatic carbocycles. The molecule has 1 unspecified atom stereocenters. The molecule has 1 aromatic rings. The first-order valence-electron chi connectivity index (χ1n) is 6.23. The maximum absolute atomic E-state index is 11.0. The standard InChI is InChI=1S/C11H19N5OS/c1-3-12-11-15-14-10(18-11)7-16-5-4-9(6-16)13-8(2)17/h9H,3-7H2,1-2H3,(H,12,15)(H,13,17). The van der Waals surface area contributed by atoms with E-state index in [2.05, 4.69) is 25.7 Å². The van der Waals surface area contributed by atoms with Gasteiger partial charge in [0, 0.05) is 32.6 Å². The van der Waals surface area contributed by atoms with Gasteiger partial charge in [0.15, 0.2) is 0 Å². The molecule has 1 atom stereocenters. The van der Waals surface area contributed by atoms with Crippen LogP contribution in [0.2, 0.25) is 0 Å². The Morgan fingerprint density at radius 2 is 2.39 bits per heavy atom. The lowest BCUT2D eigenvalue weighted by Gasteiger charge is -2.14. The van der Waals surface area contributed by atoms with E-state index in [-0.39, 0.29) is 11.9 Å². The molecule has 0 saturated carbocycles. The number of carbonyl (C=O) groups is 1. The van der Waals surface area contributed by atoms with Crippen molar-refractivity contribution in [1.82, 2.24) is 20.4 Å². The van der Waals surface area contributed by atoms with Gasteiger partial charge in [-0.2, -0.15) is 0 Å². The van der Waals surface area contributed by atoms with Crippen LogP contribution in [0.15, 0.2) is 0 Å². The Bertz CT molecular complexity index is 408. The molecule has 2 heterocycles. The van der Waals surface area contributed by atoms with Crippen LogP contribution in [0.4, 0.5) is 5.13 Å². The Kier molecular flexibility index (Phi) is 4.48. The maximum Gasteiger partial charge on any atom is 0.217 e. The van der Waals surface area contributed by atoms with Crippen molar-refractivity contribution in [2.24, 2.45) is 0 Å². The first-order valence-corrected chi connectivity index (χ1v) is 7.04. The van der Waals surface area contributed by atoms with E-state index >= 15 is 0 Å². The minimum absolute atomic E-state index is 0.0483. The fourth-order valence-electron chi connectivity index (χ4n) is 2.11. The van der Waals surface area contributed by atoms with Gasteiger partial charge in [-0.25, -0.2) is 0 Å². The van der Waals surface area contributed by atoms with Gasteiger partial charge >= 0.3 is 0 Å². The number of aromatic nitrogens is 2. The fraction of sp³-hybridized carbons (Fsp3) is 0.727. The number of amides is 1. The van der Waals surface area contributed by atoms with Gasteiger partial charge in [-0.3, -0.25) is 9.69 Å². The second-order valence-electron chi connectivity index (χ2n) is 4.45. The number of nitrogens with zero attached hydrogens (tertiary/aromatic N) is 3. The third kappa shape index (κ3) is 3.64. The van der Waals surface area contributed by atoms with Gasteiger partial charge in [0.1, 0.15) is 5.01 Å². The van der Waals surface area contributed by atoms with E-state index in [0.717, 1.165) is 42.7 Å². The Labute approximate surface area is 111 Å². The largest absolute Gasteiger partial charge is 0.360 e. The smallest absolute Gasteiger partial charge is 0.217 e. The van der Waals surface area contributed by atoms with Gasteiger partial charge in [-0.15, -0.1) is 10.2 Å². The summed E-state index contributed by atoms with van der Waals surface area (Å²) in [7, 11) is 0. The van der Waals surface area contributed by atoms with Crippen LogP contribution in [0.25, 0.3) is 0 Å². The van der Waals surface area contributed by atoms with Crippen molar-refractivity contribution in [3.05, 3.63) is 5.01 Å². The highest BCUT2D eigenvalue weighted by Gasteiger charge is 2.23. The summed E-state index contributed by atoms with van der Waals surface area (Å²) >= 11 is 1.60. The highest BCUT2D eigenvalue weighted by atomic mass is 32.1. The summed E-state index contributed by atoms with van der Waals surface area (Å²) in [5, 5.41) is 16.3. The lowest BCUT2D eigenvalue weighted by atomic mass is 10.3. The number of hydrogen-bond donors (Lipinski definition) is 2. The summed E-state index contributed by atoms with van der Waals surface area (Å²) < 4.78 is 0. The van der Waals surface area contributed by atoms with Crippen molar-refractivity contribution in [2.45, 2.75) is 32.9 Å². The molecule has 1 aliphatic heterocycles. The molecular weight excluding hydrogens is 250 g/mol. The summed E-state index contributed by atoms with van der Waals surface area (Å²) in [5.74, 6) is 0.0483. The first kappa shape index (κ1) is 13.2. The van der Waals surface area contributed by atoms with Crippen LogP contribution in [-0.2, 0) is 11.3 Å². The monoisotopic (exact) mass is 269 g/mol. The second-order valence-corrected chi connectivity index (χ2v) is 5.51. The number of nitrogens with one attached hydrogen (secondary N) is 2. The van der Waals surface area contributed by atoms with Crippen LogP contribution in [0, 0.1) is 0 Å². The average molecular weight is 269 g/mol. The zero-order chi connectivity index (χ0) is 13.0. The van der Waals surface area contributed by atoms with E-state index in [4.69, 9.17) is 0 Å². The van der Waals surface area contributed by atoms with Crippen molar-refractivity contribution in [2.75, 3.05) is 25.0 Å². The Hall–Kier alpha value is -1.21. The minimum Gasteiger partial charge on any atom is -0.360 e. The van der Waals surface area contributed by atoms with Gasteiger partial charge in [0.2, 0.25) is 11.0 Å². The molecule has 7 heteroatoms. The lowest BCUT2D eigenvalue weighted by Crippen LogP contribution is -2.35. The van der Waals surface area contributed by atoms with Gasteiger partial charge in [-0.1, -0.05) is 11.3 Å². The Morgan fingerprint density at radius 3 is 3.11 bits per heavy atom.